The molecular weight excluding hydrogens is 484 g/mol. The van der Waals surface area contributed by atoms with E-state index in [1.165, 1.54) is 0 Å². The number of aryl methyl sites for hydroxylation is 1. The summed E-state index contributed by atoms with van der Waals surface area (Å²) < 4.78 is 24.9. The number of benzene rings is 3. The second-order valence-electron chi connectivity index (χ2n) is 9.08. The number of aromatic nitrogens is 2. The van der Waals surface area contributed by atoms with E-state index >= 15 is 0 Å². The van der Waals surface area contributed by atoms with Crippen LogP contribution in [0.15, 0.2) is 78.8 Å². The first-order valence-electron chi connectivity index (χ1n) is 12.2. The molecule has 0 amide bonds. The Labute approximate surface area is 219 Å². The van der Waals surface area contributed by atoms with Crippen LogP contribution in [0.4, 0.5) is 0 Å². The normalized spacial score (nSPS) is 17.0. The summed E-state index contributed by atoms with van der Waals surface area (Å²) in [7, 11) is 3.49. The second kappa shape index (κ2) is 9.55. The molecule has 1 aromatic heterocycles. The number of hydrogen-bond donors (Lipinski definition) is 0. The monoisotopic (exact) mass is 508 g/mol. The number of methoxy groups -OCH3 is 1. The summed E-state index contributed by atoms with van der Waals surface area (Å²) in [6.45, 7) is 0.339. The van der Waals surface area contributed by atoms with Gasteiger partial charge in [0.05, 0.1) is 19.1 Å². The van der Waals surface area contributed by atoms with Crippen molar-refractivity contribution >= 4 is 17.8 Å². The van der Waals surface area contributed by atoms with Gasteiger partial charge in [-0.3, -0.25) is 9.59 Å². The largest absolute Gasteiger partial charge is 0.496 e. The summed E-state index contributed by atoms with van der Waals surface area (Å²) in [6, 6.07) is 18.3. The van der Waals surface area contributed by atoms with Crippen LogP contribution < -0.4 is 18.9 Å². The van der Waals surface area contributed by atoms with Gasteiger partial charge in [-0.2, -0.15) is 0 Å². The van der Waals surface area contributed by atoms with Crippen molar-refractivity contribution in [1.82, 2.24) is 9.55 Å². The number of imidazole rings is 1. The zero-order valence-electron chi connectivity index (χ0n) is 20.8. The second-order valence-corrected chi connectivity index (χ2v) is 9.08. The topological polar surface area (TPSA) is 88.9 Å². The van der Waals surface area contributed by atoms with Crippen molar-refractivity contribution in [2.75, 3.05) is 7.11 Å². The minimum atomic E-state index is -0.344. The third-order valence-electron chi connectivity index (χ3n) is 6.78. The molecule has 0 bridgehead atoms. The number of hydrogen-bond acceptors (Lipinski definition) is 7. The molecule has 0 radical (unpaired) electrons. The molecule has 2 aliphatic heterocycles. The number of fused-ring (bicyclic) bond motifs is 3. The van der Waals surface area contributed by atoms with Crippen LogP contribution in [-0.2, 0) is 18.4 Å². The van der Waals surface area contributed by atoms with Crippen molar-refractivity contribution in [2.24, 2.45) is 7.05 Å². The van der Waals surface area contributed by atoms with Gasteiger partial charge in [-0.15, -0.1) is 0 Å². The van der Waals surface area contributed by atoms with Crippen LogP contribution in [0.25, 0.3) is 6.08 Å². The fraction of sp³-hybridized carbons (Fsp3) is 0.167. The number of Topliss-reactive ketones (excluding diaryl/α,β-unsaturated/α-hetero) is 1. The standard InChI is InChI=1S/C30H24N2O6/c1-32-14-13-31-26(32)17-36-20-9-7-18(8-10-20)22-16-27(33)37-24-12-11-21-29(34)25(38-30(21)28(22)24)15-19-5-3-4-6-23(19)35-2/h3-15,22H,16-17H2,1-2H3/b25-15-/t22-/m0/s1. The Morgan fingerprint density at radius 1 is 1.05 bits per heavy atom. The van der Waals surface area contributed by atoms with Gasteiger partial charge >= 0.3 is 5.97 Å². The van der Waals surface area contributed by atoms with E-state index in [2.05, 4.69) is 4.98 Å². The first kappa shape index (κ1) is 23.5. The van der Waals surface area contributed by atoms with Crippen molar-refractivity contribution < 1.29 is 28.5 Å². The van der Waals surface area contributed by atoms with Crippen molar-refractivity contribution in [3.8, 4) is 23.0 Å². The third-order valence-corrected chi connectivity index (χ3v) is 6.78. The lowest BCUT2D eigenvalue weighted by molar-refractivity contribution is -0.135. The van der Waals surface area contributed by atoms with Crippen molar-refractivity contribution in [3.05, 3.63) is 107 Å². The molecule has 0 unspecified atom stereocenters. The maximum Gasteiger partial charge on any atom is 0.312 e. The zero-order chi connectivity index (χ0) is 26.2. The molecular formula is C30H24N2O6. The molecule has 0 N–H and O–H groups in total. The number of rotatable bonds is 6. The van der Waals surface area contributed by atoms with E-state index in [9.17, 15) is 9.59 Å². The molecule has 3 heterocycles. The maximum absolute atomic E-state index is 13.3. The van der Waals surface area contributed by atoms with E-state index in [-0.39, 0.29) is 29.9 Å². The van der Waals surface area contributed by atoms with E-state index < -0.39 is 0 Å². The van der Waals surface area contributed by atoms with E-state index in [1.807, 2.05) is 66.3 Å². The van der Waals surface area contributed by atoms with Crippen LogP contribution >= 0.6 is 0 Å². The highest BCUT2D eigenvalue weighted by molar-refractivity contribution is 6.15. The van der Waals surface area contributed by atoms with Crippen LogP contribution in [0.2, 0.25) is 0 Å². The average molecular weight is 509 g/mol. The number of nitrogens with zero attached hydrogens (tertiary/aromatic N) is 2. The van der Waals surface area contributed by atoms with Crippen LogP contribution in [0.3, 0.4) is 0 Å². The SMILES string of the molecule is COc1ccccc1/C=C1\Oc2c(ccc3c2[C@H](c2ccc(OCc4nccn4C)cc2)CC(=O)O3)C1=O. The quantitative estimate of drug-likeness (QED) is 0.204. The Hall–Kier alpha value is -4.85. The van der Waals surface area contributed by atoms with E-state index in [0.717, 1.165) is 17.0 Å². The molecule has 3 aromatic carbocycles. The predicted octanol–water partition coefficient (Wildman–Crippen LogP) is 5.06. The van der Waals surface area contributed by atoms with Crippen LogP contribution in [-0.4, -0.2) is 28.4 Å². The molecule has 4 aromatic rings. The van der Waals surface area contributed by atoms with Gasteiger partial charge in [-0.25, -0.2) is 4.98 Å². The van der Waals surface area contributed by atoms with Crippen molar-refractivity contribution in [2.45, 2.75) is 18.9 Å². The molecule has 0 saturated carbocycles. The third kappa shape index (κ3) is 4.20. The van der Waals surface area contributed by atoms with Gasteiger partial charge in [0, 0.05) is 36.5 Å². The van der Waals surface area contributed by atoms with Crippen LogP contribution in [0.1, 0.15) is 45.2 Å². The molecule has 0 fully saturated rings. The molecule has 1 atom stereocenters. The van der Waals surface area contributed by atoms with Crippen molar-refractivity contribution in [1.29, 1.82) is 0 Å². The number of esters is 1. The Balaban J connectivity index is 1.32. The van der Waals surface area contributed by atoms with Gasteiger partial charge in [-0.05, 0) is 42.0 Å². The smallest absolute Gasteiger partial charge is 0.312 e. The molecule has 8 heteroatoms. The first-order valence-corrected chi connectivity index (χ1v) is 12.2. The van der Waals surface area contributed by atoms with Crippen LogP contribution in [0, 0.1) is 0 Å². The van der Waals surface area contributed by atoms with Gasteiger partial charge in [0.1, 0.15) is 35.4 Å². The summed E-state index contributed by atoms with van der Waals surface area (Å²) in [4.78, 5) is 30.0. The molecule has 0 saturated heterocycles. The molecule has 6 rings (SSSR count). The number of carbonyl (C=O) groups excluding carboxylic acids is 2. The molecule has 0 aliphatic carbocycles. The van der Waals surface area contributed by atoms with E-state index in [4.69, 9.17) is 18.9 Å². The molecule has 2 aliphatic rings. The molecule has 8 nitrogen and oxygen atoms in total. The lowest BCUT2D eigenvalue weighted by Crippen LogP contribution is -2.21. The van der Waals surface area contributed by atoms with Crippen molar-refractivity contribution in [3.63, 3.8) is 0 Å². The average Bonchev–Trinajstić information content (AvgIpc) is 3.49. The van der Waals surface area contributed by atoms with Gasteiger partial charge in [0.25, 0.3) is 0 Å². The predicted molar refractivity (Wildman–Crippen MR) is 138 cm³/mol. The summed E-state index contributed by atoms with van der Waals surface area (Å²) in [5.74, 6) is 2.21. The Morgan fingerprint density at radius 3 is 2.63 bits per heavy atom. The highest BCUT2D eigenvalue weighted by Gasteiger charge is 2.38. The Morgan fingerprint density at radius 2 is 1.87 bits per heavy atom. The summed E-state index contributed by atoms with van der Waals surface area (Å²) in [5, 5.41) is 0. The molecule has 190 valence electrons. The lowest BCUT2D eigenvalue weighted by atomic mass is 9.84. The van der Waals surface area contributed by atoms with E-state index in [0.29, 0.717) is 40.7 Å². The number of allylic oxidation sites excluding steroid dienone is 1. The number of para-hydroxylation sites is 1. The summed E-state index contributed by atoms with van der Waals surface area (Å²) in [5.41, 5.74) is 2.73. The minimum Gasteiger partial charge on any atom is -0.496 e. The zero-order valence-corrected chi connectivity index (χ0v) is 20.8. The number of ketones is 1. The lowest BCUT2D eigenvalue weighted by Gasteiger charge is -2.26. The summed E-state index contributed by atoms with van der Waals surface area (Å²) in [6.07, 6.45) is 5.39. The fourth-order valence-electron chi connectivity index (χ4n) is 4.80. The van der Waals surface area contributed by atoms with Crippen LogP contribution in [0.5, 0.6) is 23.0 Å². The molecule has 0 spiro atoms. The Kier molecular flexibility index (Phi) is 5.92. The number of ether oxygens (including phenoxy) is 4. The highest BCUT2D eigenvalue weighted by Crippen LogP contribution is 2.49. The highest BCUT2D eigenvalue weighted by atomic mass is 16.5. The van der Waals surface area contributed by atoms with E-state index in [1.54, 1.807) is 31.5 Å². The van der Waals surface area contributed by atoms with Gasteiger partial charge in [-0.1, -0.05) is 30.3 Å². The summed E-state index contributed by atoms with van der Waals surface area (Å²) >= 11 is 0. The fourth-order valence-corrected chi connectivity index (χ4v) is 4.80. The van der Waals surface area contributed by atoms with Gasteiger partial charge < -0.3 is 23.5 Å². The molecule has 38 heavy (non-hydrogen) atoms. The van der Waals surface area contributed by atoms with Gasteiger partial charge in [0.15, 0.2) is 5.76 Å². The maximum atomic E-state index is 13.3. The first-order chi connectivity index (χ1) is 18.5. The Bertz CT molecular complexity index is 1580. The van der Waals surface area contributed by atoms with Gasteiger partial charge in [0.2, 0.25) is 5.78 Å². The minimum absolute atomic E-state index is 0.125. The number of carbonyl (C=O) groups is 2.